The zero-order chi connectivity index (χ0) is 15.9. The van der Waals surface area contributed by atoms with E-state index < -0.39 is 0 Å². The molecule has 0 atom stereocenters. The summed E-state index contributed by atoms with van der Waals surface area (Å²) < 4.78 is 3.05. The Hall–Kier alpha value is -1.82. The second-order valence-corrected chi connectivity index (χ2v) is 6.01. The first kappa shape index (κ1) is 16.5. The van der Waals surface area contributed by atoms with E-state index in [-0.39, 0.29) is 0 Å². The zero-order valence-electron chi connectivity index (χ0n) is 13.1. The Morgan fingerprint density at radius 2 is 2.32 bits per heavy atom. The Kier molecular flexibility index (Phi) is 6.00. The molecule has 0 spiro atoms. The Morgan fingerprint density at radius 1 is 1.50 bits per heavy atom. The van der Waals surface area contributed by atoms with Crippen molar-refractivity contribution < 1.29 is 0 Å². The van der Waals surface area contributed by atoms with Gasteiger partial charge in [0, 0.05) is 37.5 Å². The van der Waals surface area contributed by atoms with E-state index in [1.807, 2.05) is 42.1 Å². The van der Waals surface area contributed by atoms with E-state index in [0.29, 0.717) is 6.54 Å². The summed E-state index contributed by atoms with van der Waals surface area (Å²) in [6.45, 7) is 5.35. The summed E-state index contributed by atoms with van der Waals surface area (Å²) in [6.07, 6.45) is 8.06. The molecule has 22 heavy (non-hydrogen) atoms. The molecule has 0 saturated heterocycles. The van der Waals surface area contributed by atoms with Gasteiger partial charge >= 0.3 is 0 Å². The van der Waals surface area contributed by atoms with E-state index in [0.717, 1.165) is 41.2 Å². The van der Waals surface area contributed by atoms with Crippen molar-refractivity contribution >= 4 is 27.5 Å². The van der Waals surface area contributed by atoms with Gasteiger partial charge in [0.15, 0.2) is 5.96 Å². The van der Waals surface area contributed by atoms with Crippen molar-refractivity contribution in [2.24, 2.45) is 4.99 Å². The summed E-state index contributed by atoms with van der Waals surface area (Å²) in [5, 5.41) is 3.35. The van der Waals surface area contributed by atoms with Crippen molar-refractivity contribution in [3.05, 3.63) is 47.3 Å². The third-order valence-corrected chi connectivity index (χ3v) is 3.84. The number of guanidine groups is 1. The molecule has 0 aliphatic heterocycles. The Labute approximate surface area is 139 Å². The number of unbranched alkanes of at least 4 members (excludes halogenated alkanes) is 1. The minimum atomic E-state index is 0.651. The van der Waals surface area contributed by atoms with Gasteiger partial charge in [-0.05, 0) is 40.9 Å². The summed E-state index contributed by atoms with van der Waals surface area (Å²) in [6, 6.07) is 3.98. The van der Waals surface area contributed by atoms with Crippen LogP contribution in [0, 0.1) is 0 Å². The van der Waals surface area contributed by atoms with Crippen LogP contribution >= 0.6 is 15.9 Å². The molecule has 118 valence electrons. The molecule has 0 radical (unpaired) electrons. The topological polar surface area (TPSA) is 44.9 Å². The van der Waals surface area contributed by atoms with Crippen LogP contribution in [0.15, 0.2) is 46.6 Å². The molecule has 0 aromatic carbocycles. The monoisotopic (exact) mass is 363 g/mol. The van der Waals surface area contributed by atoms with E-state index in [1.165, 1.54) is 0 Å². The van der Waals surface area contributed by atoms with Gasteiger partial charge in [-0.15, -0.1) is 6.58 Å². The van der Waals surface area contributed by atoms with Gasteiger partial charge in [0.25, 0.3) is 0 Å². The third-order valence-electron chi connectivity index (χ3n) is 3.37. The molecular formula is C16H22BrN5. The Balaban J connectivity index is 1.95. The van der Waals surface area contributed by atoms with Crippen LogP contribution in [0.3, 0.4) is 0 Å². The molecule has 2 heterocycles. The zero-order valence-corrected chi connectivity index (χ0v) is 14.7. The number of imidazole rings is 1. The summed E-state index contributed by atoms with van der Waals surface area (Å²) in [7, 11) is 3.84. The maximum absolute atomic E-state index is 4.59. The van der Waals surface area contributed by atoms with Crippen LogP contribution in [-0.2, 0) is 6.54 Å². The van der Waals surface area contributed by atoms with Crippen LogP contribution in [-0.4, -0.2) is 40.9 Å². The van der Waals surface area contributed by atoms with Crippen LogP contribution in [0.4, 0.5) is 0 Å². The number of rotatable bonds is 6. The van der Waals surface area contributed by atoms with Gasteiger partial charge in [0.1, 0.15) is 5.65 Å². The maximum Gasteiger partial charge on any atom is 0.193 e. The number of nitrogens with one attached hydrogen (secondary N) is 1. The molecule has 6 heteroatoms. The lowest BCUT2D eigenvalue weighted by Crippen LogP contribution is -2.39. The second kappa shape index (κ2) is 7.98. The number of halogens is 1. The molecular weight excluding hydrogens is 342 g/mol. The number of nitrogens with zero attached hydrogens (tertiary/aromatic N) is 4. The van der Waals surface area contributed by atoms with Gasteiger partial charge in [0.05, 0.1) is 12.2 Å². The third kappa shape index (κ3) is 4.34. The highest BCUT2D eigenvalue weighted by atomic mass is 79.9. The average molecular weight is 364 g/mol. The van der Waals surface area contributed by atoms with Gasteiger partial charge in [-0.2, -0.15) is 0 Å². The number of hydrogen-bond acceptors (Lipinski definition) is 2. The lowest BCUT2D eigenvalue weighted by Gasteiger charge is -2.21. The average Bonchev–Trinajstić information content (AvgIpc) is 2.90. The van der Waals surface area contributed by atoms with Crippen LogP contribution in [0.1, 0.15) is 18.5 Å². The number of aliphatic imine (C=N–C) groups is 1. The maximum atomic E-state index is 4.59. The Bertz CT molecular complexity index is 662. The Morgan fingerprint density at radius 3 is 3.05 bits per heavy atom. The van der Waals surface area contributed by atoms with Crippen molar-refractivity contribution in [1.82, 2.24) is 19.6 Å². The van der Waals surface area contributed by atoms with Gasteiger partial charge in [-0.1, -0.05) is 6.08 Å². The normalized spacial score (nSPS) is 11.7. The number of allylic oxidation sites excluding steroid dienone is 1. The van der Waals surface area contributed by atoms with E-state index in [4.69, 9.17) is 0 Å². The quantitative estimate of drug-likeness (QED) is 0.371. The molecule has 5 nitrogen and oxygen atoms in total. The smallest absolute Gasteiger partial charge is 0.193 e. The van der Waals surface area contributed by atoms with Gasteiger partial charge in [-0.25, -0.2) is 4.98 Å². The first-order chi connectivity index (χ1) is 10.6. The fraction of sp³-hybridized carbons (Fsp3) is 0.375. The number of pyridine rings is 1. The molecule has 0 bridgehead atoms. The van der Waals surface area contributed by atoms with Crippen LogP contribution in [0.2, 0.25) is 0 Å². The van der Waals surface area contributed by atoms with E-state index in [1.54, 1.807) is 7.05 Å². The highest BCUT2D eigenvalue weighted by molar-refractivity contribution is 9.10. The standard InChI is InChI=1S/C16H22BrN5/c1-4-5-6-9-21(3)16(18-2)19-10-14-12-22-11-13(17)7-8-15(22)20-14/h4,7-8,11-12H,1,5-6,9-10H2,2-3H3,(H,18,19). The van der Waals surface area contributed by atoms with Gasteiger partial charge in [-0.3, -0.25) is 4.99 Å². The fourth-order valence-electron chi connectivity index (χ4n) is 2.24. The van der Waals surface area contributed by atoms with E-state index in [9.17, 15) is 0 Å². The van der Waals surface area contributed by atoms with Crippen molar-refractivity contribution in [3.63, 3.8) is 0 Å². The largest absolute Gasteiger partial charge is 0.351 e. The first-order valence-electron chi connectivity index (χ1n) is 7.30. The summed E-state index contributed by atoms with van der Waals surface area (Å²) >= 11 is 3.47. The SMILES string of the molecule is C=CCCCN(C)C(=NC)NCc1cn2cc(Br)ccc2n1. The second-order valence-electron chi connectivity index (χ2n) is 5.10. The molecule has 0 aliphatic rings. The minimum absolute atomic E-state index is 0.651. The van der Waals surface area contributed by atoms with Crippen molar-refractivity contribution in [2.45, 2.75) is 19.4 Å². The molecule has 2 aromatic rings. The fourth-order valence-corrected chi connectivity index (χ4v) is 2.59. The van der Waals surface area contributed by atoms with Gasteiger partial charge in [0.2, 0.25) is 0 Å². The highest BCUT2D eigenvalue weighted by Crippen LogP contribution is 2.12. The molecule has 2 aromatic heterocycles. The number of aromatic nitrogens is 2. The highest BCUT2D eigenvalue weighted by Gasteiger charge is 2.07. The number of hydrogen-bond donors (Lipinski definition) is 1. The molecule has 0 aliphatic carbocycles. The van der Waals surface area contributed by atoms with E-state index >= 15 is 0 Å². The molecule has 0 saturated carbocycles. The molecule has 0 unspecified atom stereocenters. The molecule has 2 rings (SSSR count). The van der Waals surface area contributed by atoms with Crippen LogP contribution in [0.25, 0.3) is 5.65 Å². The van der Waals surface area contributed by atoms with Crippen molar-refractivity contribution in [2.75, 3.05) is 20.6 Å². The predicted molar refractivity (Wildman–Crippen MR) is 95.2 cm³/mol. The summed E-state index contributed by atoms with van der Waals surface area (Å²) in [5.41, 5.74) is 1.92. The van der Waals surface area contributed by atoms with E-state index in [2.05, 4.69) is 42.7 Å². The number of fused-ring (bicyclic) bond motifs is 1. The van der Waals surface area contributed by atoms with Gasteiger partial charge < -0.3 is 14.6 Å². The first-order valence-corrected chi connectivity index (χ1v) is 8.09. The predicted octanol–water partition coefficient (Wildman–Crippen LogP) is 3.07. The lowest BCUT2D eigenvalue weighted by atomic mass is 10.3. The molecule has 0 fully saturated rings. The van der Waals surface area contributed by atoms with Crippen molar-refractivity contribution in [1.29, 1.82) is 0 Å². The summed E-state index contributed by atoms with van der Waals surface area (Å²) in [4.78, 5) is 11.0. The summed E-state index contributed by atoms with van der Waals surface area (Å²) in [5.74, 6) is 0.877. The van der Waals surface area contributed by atoms with Crippen LogP contribution < -0.4 is 5.32 Å². The molecule has 0 amide bonds. The molecule has 1 N–H and O–H groups in total. The lowest BCUT2D eigenvalue weighted by molar-refractivity contribution is 0.469. The van der Waals surface area contributed by atoms with Crippen LogP contribution in [0.5, 0.6) is 0 Å². The van der Waals surface area contributed by atoms with Crippen molar-refractivity contribution in [3.8, 4) is 0 Å². The minimum Gasteiger partial charge on any atom is -0.351 e.